The topological polar surface area (TPSA) is 137 Å². The van der Waals surface area contributed by atoms with Gasteiger partial charge in [0.2, 0.25) is 0 Å². The molecule has 1 aliphatic carbocycles. The third kappa shape index (κ3) is 4.88. The number of ether oxygens (including phenoxy) is 1. The number of carboxylic acid groups (broad SMARTS) is 1. The summed E-state index contributed by atoms with van der Waals surface area (Å²) < 4.78 is 5.39. The quantitative estimate of drug-likeness (QED) is 0.425. The molecule has 0 radical (unpaired) electrons. The van der Waals surface area contributed by atoms with Gasteiger partial charge in [0.25, 0.3) is 0 Å². The Hall–Kier alpha value is -4.27. The lowest BCUT2D eigenvalue weighted by Crippen LogP contribution is -2.41. The number of aliphatic carboxylic acids is 1. The molecule has 34 heavy (non-hydrogen) atoms. The second-order valence-electron chi connectivity index (χ2n) is 8.09. The highest BCUT2D eigenvalue weighted by atomic mass is 16.5. The van der Waals surface area contributed by atoms with E-state index in [4.69, 9.17) is 4.74 Å². The van der Waals surface area contributed by atoms with Gasteiger partial charge >= 0.3 is 12.0 Å². The second-order valence-corrected chi connectivity index (χ2v) is 8.09. The Labute approximate surface area is 196 Å². The molecule has 5 N–H and O–H groups in total. The molecule has 1 atom stereocenters. The summed E-state index contributed by atoms with van der Waals surface area (Å²) in [5, 5.41) is 28.0. The SMILES string of the molecule is COc1cc(-c2ccccc2)cc([C@H](CC(=O)O)NC(=O)NC2=C(O)C3=C(CCN3)CC2=O)c1. The number of hydrogen-bond donors (Lipinski definition) is 5. The highest BCUT2D eigenvalue weighted by Gasteiger charge is 2.32. The van der Waals surface area contributed by atoms with Crippen molar-refractivity contribution in [2.24, 2.45) is 0 Å². The summed E-state index contributed by atoms with van der Waals surface area (Å²) >= 11 is 0. The lowest BCUT2D eigenvalue weighted by molar-refractivity contribution is -0.137. The Morgan fingerprint density at radius 3 is 2.62 bits per heavy atom. The lowest BCUT2D eigenvalue weighted by Gasteiger charge is -2.22. The first-order chi connectivity index (χ1) is 16.4. The van der Waals surface area contributed by atoms with Crippen LogP contribution in [-0.2, 0) is 9.59 Å². The molecule has 0 aromatic heterocycles. The van der Waals surface area contributed by atoms with Gasteiger partial charge in [-0.1, -0.05) is 30.3 Å². The number of ketones is 1. The van der Waals surface area contributed by atoms with Gasteiger partial charge in [-0.3, -0.25) is 9.59 Å². The fraction of sp³-hybridized carbons (Fsp3) is 0.240. The van der Waals surface area contributed by atoms with Crippen LogP contribution in [0.1, 0.15) is 30.9 Å². The Morgan fingerprint density at radius 1 is 1.15 bits per heavy atom. The van der Waals surface area contributed by atoms with Gasteiger partial charge in [0.15, 0.2) is 11.5 Å². The zero-order valence-corrected chi connectivity index (χ0v) is 18.6. The molecule has 0 bridgehead atoms. The predicted molar refractivity (Wildman–Crippen MR) is 124 cm³/mol. The molecule has 0 fully saturated rings. The Balaban J connectivity index is 1.60. The Kier molecular flexibility index (Phi) is 6.53. The molecule has 176 valence electrons. The maximum atomic E-state index is 12.8. The highest BCUT2D eigenvalue weighted by Crippen LogP contribution is 2.31. The average molecular weight is 463 g/mol. The van der Waals surface area contributed by atoms with E-state index in [2.05, 4.69) is 16.0 Å². The number of aliphatic hydroxyl groups excluding tert-OH is 1. The number of carboxylic acids is 1. The fourth-order valence-electron chi connectivity index (χ4n) is 4.16. The van der Waals surface area contributed by atoms with Crippen LogP contribution in [0.3, 0.4) is 0 Å². The minimum absolute atomic E-state index is 0.108. The van der Waals surface area contributed by atoms with Gasteiger partial charge in [-0.2, -0.15) is 0 Å². The van der Waals surface area contributed by atoms with Crippen molar-refractivity contribution in [2.75, 3.05) is 13.7 Å². The molecule has 0 spiro atoms. The number of aliphatic hydroxyl groups is 1. The van der Waals surface area contributed by atoms with Crippen molar-refractivity contribution in [1.29, 1.82) is 0 Å². The summed E-state index contributed by atoms with van der Waals surface area (Å²) in [4.78, 5) is 36.8. The predicted octanol–water partition coefficient (Wildman–Crippen LogP) is 3.17. The molecule has 0 saturated heterocycles. The number of carbonyl (C=O) groups is 3. The largest absolute Gasteiger partial charge is 0.504 e. The van der Waals surface area contributed by atoms with E-state index in [1.807, 2.05) is 36.4 Å². The highest BCUT2D eigenvalue weighted by molar-refractivity contribution is 6.02. The number of nitrogens with one attached hydrogen (secondary N) is 3. The summed E-state index contributed by atoms with van der Waals surface area (Å²) in [5.41, 5.74) is 3.28. The molecule has 0 unspecified atom stereocenters. The first-order valence-electron chi connectivity index (χ1n) is 10.8. The summed E-state index contributed by atoms with van der Waals surface area (Å²) in [7, 11) is 1.50. The molecule has 9 heteroatoms. The molecule has 9 nitrogen and oxygen atoms in total. The summed E-state index contributed by atoms with van der Waals surface area (Å²) in [6, 6.07) is 13.0. The zero-order chi connectivity index (χ0) is 24.2. The number of methoxy groups -OCH3 is 1. The molecule has 0 saturated carbocycles. The van der Waals surface area contributed by atoms with Crippen molar-refractivity contribution in [3.63, 3.8) is 0 Å². The Bertz CT molecular complexity index is 1200. The minimum atomic E-state index is -1.12. The number of rotatable bonds is 7. The molecular weight excluding hydrogens is 438 g/mol. The van der Waals surface area contributed by atoms with Crippen LogP contribution in [-0.4, -0.2) is 41.7 Å². The van der Waals surface area contributed by atoms with Crippen LogP contribution < -0.4 is 20.7 Å². The summed E-state index contributed by atoms with van der Waals surface area (Å²) in [5.74, 6) is -1.32. The van der Waals surface area contributed by atoms with E-state index in [9.17, 15) is 24.6 Å². The maximum absolute atomic E-state index is 12.8. The van der Waals surface area contributed by atoms with Crippen LogP contribution in [0.15, 0.2) is 71.3 Å². The van der Waals surface area contributed by atoms with Gasteiger partial charge in [0.05, 0.1) is 25.3 Å². The fourth-order valence-corrected chi connectivity index (χ4v) is 4.16. The van der Waals surface area contributed by atoms with Gasteiger partial charge in [-0.25, -0.2) is 4.79 Å². The lowest BCUT2D eigenvalue weighted by atomic mass is 9.97. The number of amides is 2. The third-order valence-electron chi connectivity index (χ3n) is 5.81. The number of allylic oxidation sites excluding steroid dienone is 1. The van der Waals surface area contributed by atoms with Crippen LogP contribution in [0.2, 0.25) is 0 Å². The van der Waals surface area contributed by atoms with E-state index in [1.54, 1.807) is 12.1 Å². The number of carbonyl (C=O) groups excluding carboxylic acids is 2. The van der Waals surface area contributed by atoms with Gasteiger partial charge in [0.1, 0.15) is 11.4 Å². The summed E-state index contributed by atoms with van der Waals surface area (Å²) in [6.45, 7) is 0.613. The first-order valence-corrected chi connectivity index (χ1v) is 10.8. The van der Waals surface area contributed by atoms with Crippen molar-refractivity contribution < 1.29 is 29.3 Å². The molecular formula is C25H25N3O6. The number of hydrogen-bond acceptors (Lipinski definition) is 6. The van der Waals surface area contributed by atoms with Gasteiger partial charge in [-0.05, 0) is 46.9 Å². The van der Waals surface area contributed by atoms with E-state index >= 15 is 0 Å². The molecule has 1 heterocycles. The molecule has 4 rings (SSSR count). The Morgan fingerprint density at radius 2 is 1.91 bits per heavy atom. The normalized spacial score (nSPS) is 16.0. The van der Waals surface area contributed by atoms with Crippen molar-refractivity contribution in [2.45, 2.75) is 25.3 Å². The molecule has 2 amide bonds. The number of benzene rings is 2. The van der Waals surface area contributed by atoms with E-state index in [-0.39, 0.29) is 17.9 Å². The molecule has 2 aliphatic rings. The monoisotopic (exact) mass is 463 g/mol. The molecule has 2 aromatic rings. The van der Waals surface area contributed by atoms with E-state index < -0.39 is 30.2 Å². The third-order valence-corrected chi connectivity index (χ3v) is 5.81. The van der Waals surface area contributed by atoms with E-state index in [0.717, 1.165) is 16.7 Å². The van der Waals surface area contributed by atoms with Crippen molar-refractivity contribution >= 4 is 17.8 Å². The van der Waals surface area contributed by atoms with E-state index in [1.165, 1.54) is 7.11 Å². The van der Waals surface area contributed by atoms with E-state index in [0.29, 0.717) is 30.0 Å². The summed E-state index contributed by atoms with van der Waals surface area (Å²) in [6.07, 6.45) is 0.367. The van der Waals surface area contributed by atoms with Crippen LogP contribution in [0.5, 0.6) is 5.75 Å². The van der Waals surface area contributed by atoms with Crippen molar-refractivity contribution in [3.8, 4) is 16.9 Å². The maximum Gasteiger partial charge on any atom is 0.319 e. The standard InChI is InChI=1S/C25H25N3O6/c1-34-18-10-16(14-5-3-2-4-6-14)9-17(11-18)19(13-21(30)31)27-25(33)28-23-20(29)12-15-7-8-26-22(15)24(23)32/h2-6,9-11,19,26,32H,7-8,12-13H2,1H3,(H,30,31)(H2,27,28,33)/t19-/m0/s1. The van der Waals surface area contributed by atoms with Gasteiger partial charge in [0, 0.05) is 13.0 Å². The van der Waals surface area contributed by atoms with Crippen molar-refractivity contribution in [3.05, 3.63) is 76.8 Å². The minimum Gasteiger partial charge on any atom is -0.504 e. The van der Waals surface area contributed by atoms with Gasteiger partial charge < -0.3 is 30.9 Å². The van der Waals surface area contributed by atoms with Crippen LogP contribution in [0.4, 0.5) is 4.79 Å². The number of urea groups is 1. The van der Waals surface area contributed by atoms with Crippen LogP contribution in [0.25, 0.3) is 11.1 Å². The van der Waals surface area contributed by atoms with Crippen LogP contribution >= 0.6 is 0 Å². The zero-order valence-electron chi connectivity index (χ0n) is 18.6. The van der Waals surface area contributed by atoms with Crippen LogP contribution in [0, 0.1) is 0 Å². The van der Waals surface area contributed by atoms with Crippen molar-refractivity contribution in [1.82, 2.24) is 16.0 Å². The molecule has 2 aromatic carbocycles. The smallest absolute Gasteiger partial charge is 0.319 e. The van der Waals surface area contributed by atoms with Gasteiger partial charge in [-0.15, -0.1) is 0 Å². The number of Topliss-reactive ketones (excluding diaryl/α,β-unsaturated/α-hetero) is 1. The second kappa shape index (κ2) is 9.70. The average Bonchev–Trinajstić information content (AvgIpc) is 3.30. The first kappa shape index (κ1) is 22.9. The molecule has 1 aliphatic heterocycles.